The van der Waals surface area contributed by atoms with Gasteiger partial charge in [0.15, 0.2) is 0 Å². The van der Waals surface area contributed by atoms with Crippen LogP contribution in [0.1, 0.15) is 18.7 Å². The largest absolute Gasteiger partial charge is 0.497 e. The van der Waals surface area contributed by atoms with E-state index in [1.54, 1.807) is 19.6 Å². The van der Waals surface area contributed by atoms with Gasteiger partial charge in [-0.05, 0) is 31.9 Å². The number of methoxy groups -OCH3 is 1. The topological polar surface area (TPSA) is 79.6 Å². The molecule has 0 spiro atoms. The van der Waals surface area contributed by atoms with Crippen molar-refractivity contribution in [1.82, 2.24) is 24.4 Å². The number of ether oxygens (including phenoxy) is 1. The molecule has 0 unspecified atom stereocenters. The van der Waals surface area contributed by atoms with Crippen molar-refractivity contribution in [3.05, 3.63) is 54.9 Å². The first-order valence-corrected chi connectivity index (χ1v) is 11.9. The highest BCUT2D eigenvalue weighted by molar-refractivity contribution is 5.79. The molecule has 0 saturated carbocycles. The van der Waals surface area contributed by atoms with E-state index in [2.05, 4.69) is 36.9 Å². The second-order valence-electron chi connectivity index (χ2n) is 8.85. The number of hydrogen-bond donors (Lipinski definition) is 0. The van der Waals surface area contributed by atoms with Gasteiger partial charge in [-0.3, -0.25) is 9.36 Å². The zero-order valence-electron chi connectivity index (χ0n) is 19.8. The van der Waals surface area contributed by atoms with Crippen LogP contribution in [0.15, 0.2) is 49.1 Å². The van der Waals surface area contributed by atoms with Crippen LogP contribution in [0.4, 0.5) is 11.5 Å². The lowest BCUT2D eigenvalue weighted by molar-refractivity contribution is -0.136. The van der Waals surface area contributed by atoms with Crippen molar-refractivity contribution in [1.29, 1.82) is 0 Å². The molecule has 0 N–H and O–H groups in total. The SMILES string of the molecule is COc1cccc(N2CCN(C(=O)C3CCN(c4cc(-n5ccnc5C)ncn4)CC3)CC2)c1. The number of nitrogens with zero attached hydrogens (tertiary/aromatic N) is 7. The zero-order chi connectivity index (χ0) is 23.5. The molecular weight excluding hydrogens is 430 g/mol. The van der Waals surface area contributed by atoms with E-state index in [9.17, 15) is 4.79 Å². The molecule has 0 atom stereocenters. The van der Waals surface area contributed by atoms with E-state index in [-0.39, 0.29) is 5.92 Å². The number of carbonyl (C=O) groups is 1. The summed E-state index contributed by atoms with van der Waals surface area (Å²) in [5.41, 5.74) is 1.15. The minimum absolute atomic E-state index is 0.0804. The van der Waals surface area contributed by atoms with Gasteiger partial charge in [-0.25, -0.2) is 15.0 Å². The minimum atomic E-state index is 0.0804. The standard InChI is InChI=1S/C25H31N7O2/c1-19-26-8-11-32(19)24-17-23(27-18-28-24)30-9-6-20(7-10-30)25(33)31-14-12-29(13-15-31)21-4-3-5-22(16-21)34-2/h3-5,8,11,16-18,20H,6-7,9-10,12-15H2,1-2H3. The fourth-order valence-corrected chi connectivity index (χ4v) is 4.87. The van der Waals surface area contributed by atoms with Crippen LogP contribution in [0.2, 0.25) is 0 Å². The third-order valence-electron chi connectivity index (χ3n) is 6.89. The highest BCUT2D eigenvalue weighted by atomic mass is 16.5. The summed E-state index contributed by atoms with van der Waals surface area (Å²) < 4.78 is 7.30. The van der Waals surface area contributed by atoms with Gasteiger partial charge in [0.05, 0.1) is 7.11 Å². The average molecular weight is 462 g/mol. The number of rotatable bonds is 5. The quantitative estimate of drug-likeness (QED) is 0.578. The molecule has 0 radical (unpaired) electrons. The maximum Gasteiger partial charge on any atom is 0.225 e. The molecule has 1 amide bonds. The van der Waals surface area contributed by atoms with Crippen LogP contribution in [-0.2, 0) is 4.79 Å². The van der Waals surface area contributed by atoms with Gasteiger partial charge in [0, 0.05) is 75.4 Å². The molecule has 5 rings (SSSR count). The van der Waals surface area contributed by atoms with E-state index in [1.165, 1.54) is 0 Å². The normalized spacial score (nSPS) is 17.2. The number of amides is 1. The first kappa shape index (κ1) is 22.2. The van der Waals surface area contributed by atoms with Crippen LogP contribution >= 0.6 is 0 Å². The summed E-state index contributed by atoms with van der Waals surface area (Å²) >= 11 is 0. The van der Waals surface area contributed by atoms with E-state index < -0.39 is 0 Å². The molecule has 2 aliphatic heterocycles. The van der Waals surface area contributed by atoms with E-state index in [1.807, 2.05) is 40.8 Å². The van der Waals surface area contributed by atoms with Gasteiger partial charge in [0.25, 0.3) is 0 Å². The van der Waals surface area contributed by atoms with E-state index in [0.29, 0.717) is 5.91 Å². The number of imidazole rings is 1. The average Bonchev–Trinajstić information content (AvgIpc) is 3.34. The van der Waals surface area contributed by atoms with Crippen LogP contribution in [-0.4, -0.2) is 76.7 Å². The van der Waals surface area contributed by atoms with Crippen molar-refractivity contribution in [3.63, 3.8) is 0 Å². The second-order valence-corrected chi connectivity index (χ2v) is 8.85. The van der Waals surface area contributed by atoms with Crippen LogP contribution in [0.25, 0.3) is 5.82 Å². The van der Waals surface area contributed by atoms with Crippen molar-refractivity contribution in [3.8, 4) is 11.6 Å². The smallest absolute Gasteiger partial charge is 0.225 e. The first-order chi connectivity index (χ1) is 16.6. The van der Waals surface area contributed by atoms with Gasteiger partial charge in [-0.1, -0.05) is 6.07 Å². The highest BCUT2D eigenvalue weighted by Gasteiger charge is 2.31. The molecule has 2 fully saturated rings. The summed E-state index contributed by atoms with van der Waals surface area (Å²) in [6.07, 6.45) is 6.96. The molecule has 2 aliphatic rings. The van der Waals surface area contributed by atoms with E-state index >= 15 is 0 Å². The van der Waals surface area contributed by atoms with Gasteiger partial charge in [0.1, 0.15) is 29.5 Å². The Morgan fingerprint density at radius 1 is 0.941 bits per heavy atom. The molecule has 178 valence electrons. The number of carbonyl (C=O) groups excluding carboxylic acids is 1. The third kappa shape index (κ3) is 4.55. The number of benzene rings is 1. The van der Waals surface area contributed by atoms with E-state index in [0.717, 1.165) is 81.0 Å². The molecule has 2 saturated heterocycles. The molecule has 0 aliphatic carbocycles. The summed E-state index contributed by atoms with van der Waals surface area (Å²) in [7, 11) is 1.69. The van der Waals surface area contributed by atoms with Crippen molar-refractivity contribution in [2.24, 2.45) is 5.92 Å². The zero-order valence-corrected chi connectivity index (χ0v) is 19.8. The summed E-state index contributed by atoms with van der Waals surface area (Å²) in [5.74, 6) is 3.83. The molecule has 34 heavy (non-hydrogen) atoms. The Morgan fingerprint density at radius 2 is 1.71 bits per heavy atom. The Bertz CT molecular complexity index is 1130. The number of anilines is 2. The number of aromatic nitrogens is 4. The van der Waals surface area contributed by atoms with Crippen LogP contribution in [0, 0.1) is 12.8 Å². The van der Waals surface area contributed by atoms with Crippen molar-refractivity contribution < 1.29 is 9.53 Å². The predicted octanol–water partition coefficient (Wildman–Crippen LogP) is 2.54. The summed E-state index contributed by atoms with van der Waals surface area (Å²) in [5, 5.41) is 0. The summed E-state index contributed by atoms with van der Waals surface area (Å²) in [6.45, 7) is 6.80. The van der Waals surface area contributed by atoms with Crippen molar-refractivity contribution >= 4 is 17.4 Å². The van der Waals surface area contributed by atoms with Crippen LogP contribution in [0.3, 0.4) is 0 Å². The van der Waals surface area contributed by atoms with Gasteiger partial charge in [0.2, 0.25) is 5.91 Å². The maximum atomic E-state index is 13.2. The number of aryl methyl sites for hydroxylation is 1. The molecule has 4 heterocycles. The van der Waals surface area contributed by atoms with E-state index in [4.69, 9.17) is 4.74 Å². The Hall–Kier alpha value is -3.62. The van der Waals surface area contributed by atoms with Crippen molar-refractivity contribution in [2.75, 3.05) is 56.2 Å². The Balaban J connectivity index is 1.15. The number of piperazine rings is 1. The highest BCUT2D eigenvalue weighted by Crippen LogP contribution is 2.26. The minimum Gasteiger partial charge on any atom is -0.497 e. The monoisotopic (exact) mass is 461 g/mol. The lowest BCUT2D eigenvalue weighted by atomic mass is 9.95. The fraction of sp³-hybridized carbons (Fsp3) is 0.440. The first-order valence-electron chi connectivity index (χ1n) is 11.9. The lowest BCUT2D eigenvalue weighted by Crippen LogP contribution is -2.51. The third-order valence-corrected chi connectivity index (χ3v) is 6.89. The van der Waals surface area contributed by atoms with Crippen LogP contribution in [0.5, 0.6) is 5.75 Å². The number of hydrogen-bond acceptors (Lipinski definition) is 7. The Morgan fingerprint density at radius 3 is 2.41 bits per heavy atom. The maximum absolute atomic E-state index is 13.2. The van der Waals surface area contributed by atoms with Crippen LogP contribution < -0.4 is 14.5 Å². The Kier molecular flexibility index (Phi) is 6.33. The molecule has 2 aromatic heterocycles. The lowest BCUT2D eigenvalue weighted by Gasteiger charge is -2.39. The van der Waals surface area contributed by atoms with Gasteiger partial charge >= 0.3 is 0 Å². The predicted molar refractivity (Wildman–Crippen MR) is 131 cm³/mol. The molecule has 9 nitrogen and oxygen atoms in total. The molecule has 9 heteroatoms. The van der Waals surface area contributed by atoms with Crippen molar-refractivity contribution in [2.45, 2.75) is 19.8 Å². The second kappa shape index (κ2) is 9.70. The van der Waals surface area contributed by atoms with Gasteiger partial charge in [-0.15, -0.1) is 0 Å². The molecule has 3 aromatic rings. The van der Waals surface area contributed by atoms with Gasteiger partial charge in [-0.2, -0.15) is 0 Å². The fourth-order valence-electron chi connectivity index (χ4n) is 4.87. The van der Waals surface area contributed by atoms with Gasteiger partial charge < -0.3 is 19.4 Å². The molecule has 1 aromatic carbocycles. The Labute approximate surface area is 200 Å². The summed E-state index contributed by atoms with van der Waals surface area (Å²) in [4.78, 5) is 33.0. The number of piperidine rings is 1. The molecule has 0 bridgehead atoms. The molecular formula is C25H31N7O2. The summed E-state index contributed by atoms with van der Waals surface area (Å²) in [6, 6.07) is 10.1.